The highest BCUT2D eigenvalue weighted by atomic mass is 79.9. The van der Waals surface area contributed by atoms with E-state index in [1.54, 1.807) is 11.1 Å². The van der Waals surface area contributed by atoms with Gasteiger partial charge in [-0.05, 0) is 262 Å². The van der Waals surface area contributed by atoms with Gasteiger partial charge in [0.2, 0.25) is 0 Å². The molecule has 0 aromatic rings. The van der Waals surface area contributed by atoms with Crippen LogP contribution >= 0.6 is 15.9 Å². The Morgan fingerprint density at radius 3 is 1.16 bits per heavy atom. The Morgan fingerprint density at radius 2 is 0.843 bits per heavy atom. The summed E-state index contributed by atoms with van der Waals surface area (Å²) in [5, 5.41) is 12.5. The van der Waals surface area contributed by atoms with E-state index >= 15 is 0 Å². The Bertz CT molecular complexity index is 2530. The molecule has 8 unspecified atom stereocenters. The second-order valence-electron chi connectivity index (χ2n) is 39.7. The Labute approximate surface area is 561 Å². The van der Waals surface area contributed by atoms with Crippen molar-refractivity contribution in [1.29, 1.82) is 0 Å². The third-order valence-electron chi connectivity index (χ3n) is 29.6. The zero-order valence-electron chi connectivity index (χ0n) is 63.4. The molecule has 0 radical (unpaired) electrons. The van der Waals surface area contributed by atoms with Gasteiger partial charge in [-0.25, -0.2) is 0 Å². The molecule has 2 heterocycles. The van der Waals surface area contributed by atoms with E-state index in [0.29, 0.717) is 41.3 Å². The van der Waals surface area contributed by atoms with Crippen LogP contribution in [0.1, 0.15) is 242 Å². The van der Waals surface area contributed by atoms with E-state index < -0.39 is 33.3 Å². The fourth-order valence-electron chi connectivity index (χ4n) is 19.2. The molecule has 10 rings (SSSR count). The van der Waals surface area contributed by atoms with E-state index in [1.165, 1.54) is 64.2 Å². The van der Waals surface area contributed by atoms with Gasteiger partial charge in [0.25, 0.3) is 0 Å². The van der Waals surface area contributed by atoms with Gasteiger partial charge >= 0.3 is 0 Å². The first-order valence-electron chi connectivity index (χ1n) is 36.6. The molecule has 2 aliphatic heterocycles. The minimum absolute atomic E-state index is 0.000764. The molecule has 0 bridgehead atoms. The standard InChI is InChI=1S/C38H70O4Si2.C33H62O3Si2.C5H9BrO/c1-25(39-24-33-36(8,9)40-33)29-18-19-30-28-17-16-26-22-27(41-43(12,13)34(2,3)4)23-32(42-44(14,15)35(5,6)7)38(26,11)31(28)20-21-37(29,30)10;1-22(34)26-16-17-27-25-15-14-23-20-24(35-37(10,11)30(2,3)4)21-29(36-38(12,13)31(5,6)7)33(23,9)28(25)18-19-32(26,27)8;1-5(2)4(3-6)7-5/h16,25,27-33H,17-24H2,1-15H3;14,22,24-29,34H,15-21H2,1-13H3;4H,3H2,1-2H3/t25-,27+,28?,29+,30?,31?,32-,33?,37+,38-;22-,24+,25?,26+,27?,28?,29-,32+,33-;/m00./s1. The monoisotopic (exact) mass is 1370 g/mol. The largest absolute Gasteiger partial charge is 0.414 e. The maximum atomic E-state index is 10.7. The van der Waals surface area contributed by atoms with Gasteiger partial charge in [-0.3, -0.25) is 0 Å². The number of allylic oxidation sites excluding steroid dienone is 2. The van der Waals surface area contributed by atoms with Crippen molar-refractivity contribution in [2.45, 2.75) is 375 Å². The van der Waals surface area contributed by atoms with Crippen molar-refractivity contribution in [3.8, 4) is 0 Å². The van der Waals surface area contributed by atoms with Crippen molar-refractivity contribution in [1.82, 2.24) is 0 Å². The molecule has 8 aliphatic carbocycles. The maximum Gasteiger partial charge on any atom is 0.192 e. The van der Waals surface area contributed by atoms with Gasteiger partial charge in [0.1, 0.15) is 6.10 Å². The summed E-state index contributed by atoms with van der Waals surface area (Å²) in [7, 11) is -7.72. The number of alkyl halides is 1. The topological polar surface area (TPSA) is 91.4 Å². The van der Waals surface area contributed by atoms with Crippen LogP contribution in [0.4, 0.5) is 0 Å². The minimum atomic E-state index is -1.99. The Balaban J connectivity index is 0.000000209. The lowest BCUT2D eigenvalue weighted by molar-refractivity contribution is -0.111. The second-order valence-corrected chi connectivity index (χ2v) is 59.3. The van der Waals surface area contributed by atoms with Crippen molar-refractivity contribution in [3.05, 3.63) is 23.3 Å². The first-order chi connectivity index (χ1) is 40.3. The van der Waals surface area contributed by atoms with Crippen LogP contribution in [0.25, 0.3) is 0 Å². The van der Waals surface area contributed by atoms with Crippen molar-refractivity contribution in [2.24, 2.45) is 69.0 Å². The number of fused-ring (bicyclic) bond motifs is 10. The van der Waals surface area contributed by atoms with Crippen LogP contribution in [0.2, 0.25) is 72.5 Å². The molecule has 0 aromatic heterocycles. The molecule has 0 amide bonds. The molecule has 0 aromatic carbocycles. The summed E-state index contributed by atoms with van der Waals surface area (Å²) >= 11 is 3.33. The number of halogens is 1. The van der Waals surface area contributed by atoms with E-state index in [4.69, 9.17) is 31.9 Å². The molecule has 20 atom stereocenters. The molecular weight excluding hydrogens is 1230 g/mol. The van der Waals surface area contributed by atoms with E-state index in [0.717, 1.165) is 61.3 Å². The smallest absolute Gasteiger partial charge is 0.192 e. The molecular formula is C76H141BrO8Si4. The third-order valence-corrected chi connectivity index (χ3v) is 48.2. The van der Waals surface area contributed by atoms with Gasteiger partial charge in [-0.1, -0.05) is 150 Å². The highest BCUT2D eigenvalue weighted by Crippen LogP contribution is 2.70. The van der Waals surface area contributed by atoms with Crippen LogP contribution in [-0.4, -0.2) is 110 Å². The van der Waals surface area contributed by atoms with Crippen molar-refractivity contribution >= 4 is 49.2 Å². The van der Waals surface area contributed by atoms with Gasteiger partial charge in [-0.15, -0.1) is 0 Å². The Hall–Kier alpha value is 0.508. The summed E-state index contributed by atoms with van der Waals surface area (Å²) in [5.74, 6) is 5.43. The van der Waals surface area contributed by atoms with Gasteiger partial charge in [0.15, 0.2) is 33.3 Å². The number of ether oxygens (including phenoxy) is 3. The van der Waals surface area contributed by atoms with E-state index in [2.05, 4.69) is 226 Å². The molecule has 0 spiro atoms. The van der Waals surface area contributed by atoms with Crippen molar-refractivity contribution in [2.75, 3.05) is 11.9 Å². The number of epoxide rings is 2. The SMILES string of the molecule is CC1(C)OC1CBr.C[C@H](O)[C@H]1CCC2C3CC=C4C[C@@H](O[Si](C)(C)C(C)(C)C)C[C@H](O[Si](C)(C)C(C)(C)C)[C@]4(C)C3CC[C@@]21C.C[C@H](OCC1OC1(C)C)[C@H]1CCC2C3CC=C4C[C@@H](O[Si](C)(C)C(C)(C)C)C[C@H](O[Si](C)(C)C(C)(C)C)[C@]4(C)C3CC[C@@]21C. The van der Waals surface area contributed by atoms with Crippen LogP contribution in [0.15, 0.2) is 23.3 Å². The molecule has 2 saturated heterocycles. The zero-order valence-corrected chi connectivity index (χ0v) is 69.0. The first kappa shape index (κ1) is 75.3. The quantitative estimate of drug-likeness (QED) is 0.0796. The van der Waals surface area contributed by atoms with Crippen LogP contribution in [0, 0.1) is 69.0 Å². The highest BCUT2D eigenvalue weighted by molar-refractivity contribution is 9.09. The summed E-state index contributed by atoms with van der Waals surface area (Å²) in [6.07, 6.45) is 24.2. The third kappa shape index (κ3) is 14.5. The summed E-state index contributed by atoms with van der Waals surface area (Å²) in [4.78, 5) is 0. The Morgan fingerprint density at radius 1 is 0.506 bits per heavy atom. The van der Waals surface area contributed by atoms with E-state index in [9.17, 15) is 5.11 Å². The average Bonchev–Trinajstić information content (AvgIpc) is 1.60. The van der Waals surface area contributed by atoms with E-state index in [1.807, 2.05) is 6.92 Å². The molecule has 89 heavy (non-hydrogen) atoms. The zero-order chi connectivity index (χ0) is 67.1. The number of hydrogen-bond acceptors (Lipinski definition) is 8. The fraction of sp³-hybridized carbons (Fsp3) is 0.947. The fourth-order valence-corrected chi connectivity index (χ4v) is 25.7. The first-order valence-corrected chi connectivity index (χ1v) is 49.3. The van der Waals surface area contributed by atoms with E-state index in [-0.39, 0.29) is 84.2 Å². The molecule has 13 heteroatoms. The number of aliphatic hydroxyl groups excluding tert-OH is 1. The molecule has 10 aliphatic rings. The highest BCUT2D eigenvalue weighted by Gasteiger charge is 2.65. The minimum Gasteiger partial charge on any atom is -0.414 e. The van der Waals surface area contributed by atoms with Gasteiger partial charge in [-0.2, -0.15) is 0 Å². The lowest BCUT2D eigenvalue weighted by Gasteiger charge is -2.62. The summed E-state index contributed by atoms with van der Waals surface area (Å²) < 4.78 is 47.0. The molecule has 6 saturated carbocycles. The van der Waals surface area contributed by atoms with Gasteiger partial charge in [0, 0.05) is 16.2 Å². The van der Waals surface area contributed by atoms with Gasteiger partial charge < -0.3 is 37.0 Å². The predicted octanol–water partition coefficient (Wildman–Crippen LogP) is 21.4. The molecule has 8 nitrogen and oxygen atoms in total. The lowest BCUT2D eigenvalue weighted by Crippen LogP contribution is -2.60. The van der Waals surface area contributed by atoms with Crippen LogP contribution in [-0.2, 0) is 31.9 Å². The van der Waals surface area contributed by atoms with Gasteiger partial charge in [0.05, 0.1) is 60.5 Å². The summed E-state index contributed by atoms with van der Waals surface area (Å²) in [6, 6.07) is 0. The normalized spacial score (nSPS) is 40.8. The molecule has 516 valence electrons. The van der Waals surface area contributed by atoms with Crippen LogP contribution in [0.3, 0.4) is 0 Å². The maximum absolute atomic E-state index is 10.7. The average molecular weight is 1380 g/mol. The Kier molecular flexibility index (Phi) is 21.4. The van der Waals surface area contributed by atoms with Crippen LogP contribution in [0.5, 0.6) is 0 Å². The summed E-state index contributed by atoms with van der Waals surface area (Å²) in [6.45, 7) is 72.2. The molecule has 1 N–H and O–H groups in total. The summed E-state index contributed by atoms with van der Waals surface area (Å²) in [5.41, 5.74) is 4.32. The van der Waals surface area contributed by atoms with Crippen molar-refractivity contribution < 1.29 is 37.0 Å². The number of rotatable bonds is 14. The number of aliphatic hydroxyl groups is 1. The van der Waals surface area contributed by atoms with Crippen LogP contribution < -0.4 is 0 Å². The molecule has 8 fully saturated rings. The lowest BCUT2D eigenvalue weighted by atomic mass is 9.46. The predicted molar refractivity (Wildman–Crippen MR) is 388 cm³/mol. The van der Waals surface area contributed by atoms with Crippen molar-refractivity contribution in [3.63, 3.8) is 0 Å². The number of hydrogen-bond donors (Lipinski definition) is 1. The second kappa shape index (κ2) is 25.4.